The van der Waals surface area contributed by atoms with Gasteiger partial charge in [-0.1, -0.05) is 48.5 Å². The molecule has 0 spiro atoms. The van der Waals surface area contributed by atoms with Crippen molar-refractivity contribution < 1.29 is 9.59 Å². The van der Waals surface area contributed by atoms with Crippen LogP contribution >= 0.6 is 0 Å². The largest absolute Gasteiger partial charge is 0.353 e. The van der Waals surface area contributed by atoms with Crippen molar-refractivity contribution in [1.29, 1.82) is 0 Å². The number of hydrogen-bond acceptors (Lipinski definition) is 3. The molecule has 4 rings (SSSR count). The van der Waals surface area contributed by atoms with E-state index in [2.05, 4.69) is 17.3 Å². The van der Waals surface area contributed by atoms with E-state index in [-0.39, 0.29) is 24.3 Å². The summed E-state index contributed by atoms with van der Waals surface area (Å²) in [7, 11) is 3.92. The van der Waals surface area contributed by atoms with Crippen LogP contribution in [0.15, 0.2) is 54.6 Å². The number of fused-ring (bicyclic) bond motifs is 1. The van der Waals surface area contributed by atoms with Gasteiger partial charge in [-0.25, -0.2) is 0 Å². The standard InChI is InChI=1S/C24H29N3O2/c1-26-14-12-19(13-15-26)25-22(28)17-24(16-18-8-4-3-5-9-18)20-10-6-7-11-21(20)27(2)23(24)29/h3-11,19H,12-17H2,1-2H3,(H,25,28). The topological polar surface area (TPSA) is 52.7 Å². The normalized spacial score (nSPS) is 22.6. The zero-order chi connectivity index (χ0) is 20.4. The number of carbonyl (C=O) groups excluding carboxylic acids is 2. The Morgan fingerprint density at radius 2 is 1.69 bits per heavy atom. The van der Waals surface area contributed by atoms with Gasteiger partial charge in [0.2, 0.25) is 11.8 Å². The van der Waals surface area contributed by atoms with Crippen LogP contribution in [0.2, 0.25) is 0 Å². The third-order valence-corrected chi connectivity index (χ3v) is 6.39. The van der Waals surface area contributed by atoms with Crippen LogP contribution in [0.25, 0.3) is 0 Å². The van der Waals surface area contributed by atoms with Gasteiger partial charge < -0.3 is 15.1 Å². The number of likely N-dealkylation sites (tertiary alicyclic amines) is 1. The average Bonchev–Trinajstić information content (AvgIpc) is 2.93. The highest BCUT2D eigenvalue weighted by atomic mass is 16.2. The van der Waals surface area contributed by atoms with Crippen LogP contribution in [0, 0.1) is 0 Å². The molecule has 1 unspecified atom stereocenters. The van der Waals surface area contributed by atoms with Crippen LogP contribution in [0.4, 0.5) is 5.69 Å². The number of amides is 2. The fraction of sp³-hybridized carbons (Fsp3) is 0.417. The summed E-state index contributed by atoms with van der Waals surface area (Å²) in [5, 5.41) is 3.21. The van der Waals surface area contributed by atoms with E-state index in [1.807, 2.05) is 61.6 Å². The summed E-state index contributed by atoms with van der Waals surface area (Å²) in [6.07, 6.45) is 2.61. The second-order valence-corrected chi connectivity index (χ2v) is 8.45. The SMILES string of the molecule is CN1CCC(NC(=O)CC2(Cc3ccccc3)C(=O)N(C)c3ccccc32)CC1. The summed E-state index contributed by atoms with van der Waals surface area (Å²) in [5.41, 5.74) is 2.07. The first kappa shape index (κ1) is 19.6. The first-order valence-corrected chi connectivity index (χ1v) is 10.4. The van der Waals surface area contributed by atoms with Gasteiger partial charge in [0.15, 0.2) is 0 Å². The minimum atomic E-state index is -0.859. The molecule has 1 N–H and O–H groups in total. The lowest BCUT2D eigenvalue weighted by Gasteiger charge is -2.32. The van der Waals surface area contributed by atoms with Crippen LogP contribution in [0.5, 0.6) is 0 Å². The van der Waals surface area contributed by atoms with Crippen LogP contribution in [-0.4, -0.2) is 49.9 Å². The van der Waals surface area contributed by atoms with Crippen LogP contribution in [-0.2, 0) is 21.4 Å². The van der Waals surface area contributed by atoms with Gasteiger partial charge in [-0.15, -0.1) is 0 Å². The molecule has 2 aromatic rings. The lowest BCUT2D eigenvalue weighted by molar-refractivity contribution is -0.130. The molecule has 1 fully saturated rings. The zero-order valence-electron chi connectivity index (χ0n) is 17.2. The number of nitrogens with zero attached hydrogens (tertiary/aromatic N) is 2. The second kappa shape index (κ2) is 7.99. The maximum atomic E-state index is 13.5. The third-order valence-electron chi connectivity index (χ3n) is 6.39. The molecule has 0 aromatic heterocycles. The van der Waals surface area contributed by atoms with Gasteiger partial charge in [-0.3, -0.25) is 9.59 Å². The maximum absolute atomic E-state index is 13.5. The van der Waals surface area contributed by atoms with Gasteiger partial charge in [0.05, 0.1) is 5.41 Å². The number of anilines is 1. The van der Waals surface area contributed by atoms with Gasteiger partial charge in [-0.2, -0.15) is 0 Å². The fourth-order valence-electron chi connectivity index (χ4n) is 4.77. The van der Waals surface area contributed by atoms with Gasteiger partial charge >= 0.3 is 0 Å². The third kappa shape index (κ3) is 3.79. The van der Waals surface area contributed by atoms with Crippen molar-refractivity contribution in [1.82, 2.24) is 10.2 Å². The molecule has 0 aliphatic carbocycles. The minimum Gasteiger partial charge on any atom is -0.353 e. The summed E-state index contributed by atoms with van der Waals surface area (Å²) >= 11 is 0. The number of nitrogens with one attached hydrogen (secondary N) is 1. The predicted molar refractivity (Wildman–Crippen MR) is 115 cm³/mol. The first-order valence-electron chi connectivity index (χ1n) is 10.4. The van der Waals surface area contributed by atoms with Crippen molar-refractivity contribution in [2.75, 3.05) is 32.1 Å². The molecule has 2 aromatic carbocycles. The Hall–Kier alpha value is -2.66. The Bertz CT molecular complexity index is 890. The van der Waals surface area contributed by atoms with Crippen LogP contribution in [0.1, 0.15) is 30.4 Å². The molecule has 5 nitrogen and oxygen atoms in total. The Balaban J connectivity index is 1.63. The number of rotatable bonds is 5. The Morgan fingerprint density at radius 3 is 2.41 bits per heavy atom. The highest BCUT2D eigenvalue weighted by Crippen LogP contribution is 2.45. The molecule has 0 saturated carbocycles. The Labute approximate surface area is 172 Å². The fourth-order valence-corrected chi connectivity index (χ4v) is 4.77. The maximum Gasteiger partial charge on any atom is 0.238 e. The zero-order valence-corrected chi connectivity index (χ0v) is 17.2. The number of likely N-dealkylation sites (N-methyl/N-ethyl adjacent to an activating group) is 1. The molecule has 0 radical (unpaired) electrons. The average molecular weight is 392 g/mol. The molecule has 2 aliphatic rings. The van der Waals surface area contributed by atoms with E-state index in [0.29, 0.717) is 6.42 Å². The van der Waals surface area contributed by atoms with E-state index in [9.17, 15) is 9.59 Å². The van der Waals surface area contributed by atoms with Crippen LogP contribution in [0.3, 0.4) is 0 Å². The summed E-state index contributed by atoms with van der Waals surface area (Å²) < 4.78 is 0. The molecule has 1 saturated heterocycles. The van der Waals surface area contributed by atoms with E-state index in [1.54, 1.807) is 4.90 Å². The molecule has 5 heteroatoms. The number of hydrogen-bond donors (Lipinski definition) is 1. The van der Waals surface area contributed by atoms with E-state index in [4.69, 9.17) is 0 Å². The van der Waals surface area contributed by atoms with Crippen molar-refractivity contribution in [2.45, 2.75) is 37.1 Å². The summed E-state index contributed by atoms with van der Waals surface area (Å²) in [6.45, 7) is 1.98. The summed E-state index contributed by atoms with van der Waals surface area (Å²) in [6, 6.07) is 18.1. The predicted octanol–water partition coefficient (Wildman–Crippen LogP) is 2.74. The molecule has 29 heavy (non-hydrogen) atoms. The number of piperidine rings is 1. The van der Waals surface area contributed by atoms with E-state index < -0.39 is 5.41 Å². The van der Waals surface area contributed by atoms with Crippen molar-refractivity contribution in [3.63, 3.8) is 0 Å². The van der Waals surface area contributed by atoms with Gasteiger partial charge in [0.1, 0.15) is 0 Å². The molecule has 152 valence electrons. The van der Waals surface area contributed by atoms with Gasteiger partial charge in [0.25, 0.3) is 0 Å². The van der Waals surface area contributed by atoms with E-state index in [0.717, 1.165) is 42.7 Å². The number of benzene rings is 2. The van der Waals surface area contributed by atoms with Gasteiger partial charge in [0, 0.05) is 25.2 Å². The smallest absolute Gasteiger partial charge is 0.238 e. The first-order chi connectivity index (χ1) is 14.0. The molecule has 1 atom stereocenters. The molecular weight excluding hydrogens is 362 g/mol. The molecule has 0 bridgehead atoms. The second-order valence-electron chi connectivity index (χ2n) is 8.45. The van der Waals surface area contributed by atoms with Crippen molar-refractivity contribution >= 4 is 17.5 Å². The highest BCUT2D eigenvalue weighted by molar-refractivity contribution is 6.09. The summed E-state index contributed by atoms with van der Waals surface area (Å²) in [4.78, 5) is 30.6. The van der Waals surface area contributed by atoms with Crippen molar-refractivity contribution in [3.8, 4) is 0 Å². The molecular formula is C24H29N3O2. The Morgan fingerprint density at radius 1 is 1.03 bits per heavy atom. The Kier molecular flexibility index (Phi) is 5.41. The summed E-state index contributed by atoms with van der Waals surface area (Å²) in [5.74, 6) is -0.0324. The van der Waals surface area contributed by atoms with E-state index >= 15 is 0 Å². The lowest BCUT2D eigenvalue weighted by Crippen LogP contribution is -2.48. The number of para-hydroxylation sites is 1. The molecule has 2 aliphatic heterocycles. The highest BCUT2D eigenvalue weighted by Gasteiger charge is 2.50. The van der Waals surface area contributed by atoms with Gasteiger partial charge in [-0.05, 0) is 56.6 Å². The lowest BCUT2D eigenvalue weighted by atomic mass is 9.73. The van der Waals surface area contributed by atoms with Crippen molar-refractivity contribution in [2.24, 2.45) is 0 Å². The minimum absolute atomic E-state index is 0.00100. The monoisotopic (exact) mass is 391 g/mol. The van der Waals surface area contributed by atoms with Crippen LogP contribution < -0.4 is 10.2 Å². The van der Waals surface area contributed by atoms with E-state index in [1.165, 1.54) is 0 Å². The quantitative estimate of drug-likeness (QED) is 0.853. The molecule has 2 amide bonds. The van der Waals surface area contributed by atoms with Crippen molar-refractivity contribution in [3.05, 3.63) is 65.7 Å². The molecule has 2 heterocycles. The number of carbonyl (C=O) groups is 2.